The van der Waals surface area contributed by atoms with Crippen LogP contribution in [0.15, 0.2) is 30.3 Å². The van der Waals surface area contributed by atoms with Gasteiger partial charge in [0.2, 0.25) is 6.29 Å². The van der Waals surface area contributed by atoms with E-state index < -0.39 is 0 Å². The van der Waals surface area contributed by atoms with Gasteiger partial charge < -0.3 is 11.1 Å². The molecule has 1 heterocycles. The predicted octanol–water partition coefficient (Wildman–Crippen LogP) is 0.247. The number of carbonyl (C=O) groups is 1. The average molecular weight is 288 g/mol. The van der Waals surface area contributed by atoms with E-state index in [1.807, 2.05) is 41.5 Å². The molecule has 3 N–H and O–H groups in total. The van der Waals surface area contributed by atoms with Gasteiger partial charge in [-0.25, -0.2) is 0 Å². The van der Waals surface area contributed by atoms with Crippen molar-refractivity contribution >= 4 is 12.1 Å². The number of carbonyl (C=O) groups excluding carboxylic acids is 2. The Morgan fingerprint density at radius 1 is 1.43 bits per heavy atom. The molecule has 5 heteroatoms. The summed E-state index contributed by atoms with van der Waals surface area (Å²) in [7, 11) is 0. The molecule has 0 spiro atoms. The normalized spacial score (nSPS) is 19.6. The van der Waals surface area contributed by atoms with Gasteiger partial charge in [-0.3, -0.25) is 14.5 Å². The summed E-state index contributed by atoms with van der Waals surface area (Å²) in [6.07, 6.45) is 3.90. The van der Waals surface area contributed by atoms with Gasteiger partial charge in [-0.15, -0.1) is 0 Å². The zero-order valence-electron chi connectivity index (χ0n) is 12.1. The van der Waals surface area contributed by atoms with Crippen LogP contribution >= 0.6 is 0 Å². The number of hydrogen-bond acceptors (Lipinski definition) is 5. The highest BCUT2D eigenvalue weighted by Crippen LogP contribution is 2.17. The number of nitrogens with one attached hydrogen (secondary N) is 1. The third kappa shape index (κ3) is 4.20. The molecule has 113 valence electrons. The summed E-state index contributed by atoms with van der Waals surface area (Å²) in [6.45, 7) is 1.56. The first kappa shape index (κ1) is 15.8. The van der Waals surface area contributed by atoms with Crippen LogP contribution in [0.5, 0.6) is 0 Å². The third-order valence-corrected chi connectivity index (χ3v) is 3.90. The molecule has 2 rings (SSSR count). The first-order valence-electron chi connectivity index (χ1n) is 7.35. The smallest absolute Gasteiger partial charge is 0.213 e. The maximum atomic E-state index is 12.3. The second-order valence-electron chi connectivity index (χ2n) is 5.35. The van der Waals surface area contributed by atoms with Crippen molar-refractivity contribution < 1.29 is 9.59 Å². The van der Waals surface area contributed by atoms with Gasteiger partial charge in [0.15, 0.2) is 5.78 Å². The monoisotopic (exact) mass is 288 g/mol. The zero-order valence-corrected chi connectivity index (χ0v) is 12.1. The van der Waals surface area contributed by atoms with Crippen molar-refractivity contribution in [3.8, 4) is 0 Å². The fraction of sp³-hybridized carbons (Fsp3) is 0.500. The van der Waals surface area contributed by atoms with Gasteiger partial charge in [-0.05, 0) is 24.9 Å². The van der Waals surface area contributed by atoms with Crippen LogP contribution in [0.2, 0.25) is 0 Å². The SMILES string of the molecule is NCC(=O)C([C@@H]1CCCN1)N(C[C]=O)Cc1ccccc1. The van der Waals surface area contributed by atoms with Gasteiger partial charge in [-0.2, -0.15) is 0 Å². The van der Waals surface area contributed by atoms with Gasteiger partial charge in [0.1, 0.15) is 0 Å². The van der Waals surface area contributed by atoms with Crippen LogP contribution in [0.1, 0.15) is 18.4 Å². The second kappa shape index (κ2) is 8.02. The minimum Gasteiger partial charge on any atom is -0.324 e. The summed E-state index contributed by atoms with van der Waals surface area (Å²) < 4.78 is 0. The quantitative estimate of drug-likeness (QED) is 0.717. The lowest BCUT2D eigenvalue weighted by Gasteiger charge is -2.33. The lowest BCUT2D eigenvalue weighted by atomic mass is 9.99. The molecule has 1 aromatic rings. The molecular formula is C16H22N3O2. The van der Waals surface area contributed by atoms with E-state index in [1.165, 1.54) is 0 Å². The fourth-order valence-corrected chi connectivity index (χ4v) is 2.94. The Morgan fingerprint density at radius 2 is 2.19 bits per heavy atom. The molecule has 1 saturated heterocycles. The standard InChI is InChI=1S/C16H22N3O2/c17-11-15(21)16(14-7-4-8-18-14)19(9-10-20)12-13-5-2-1-3-6-13/h1-3,5-6,14,16,18H,4,7-9,11-12,17H2/t14-,16?/m0/s1. The number of nitrogens with zero attached hydrogens (tertiary/aromatic N) is 1. The molecule has 0 aliphatic carbocycles. The molecule has 1 aromatic carbocycles. The molecule has 2 atom stereocenters. The summed E-state index contributed by atoms with van der Waals surface area (Å²) in [6, 6.07) is 9.53. The van der Waals surface area contributed by atoms with Gasteiger partial charge in [0, 0.05) is 12.6 Å². The maximum absolute atomic E-state index is 12.3. The Kier molecular flexibility index (Phi) is 6.04. The molecular weight excluding hydrogens is 266 g/mol. The average Bonchev–Trinajstić information content (AvgIpc) is 3.02. The molecule has 0 saturated carbocycles. The van der Waals surface area contributed by atoms with Crippen LogP contribution in [0.25, 0.3) is 0 Å². The molecule has 1 aliphatic rings. The van der Waals surface area contributed by atoms with Gasteiger partial charge in [-0.1, -0.05) is 30.3 Å². The highest BCUT2D eigenvalue weighted by molar-refractivity contribution is 5.86. The number of nitrogens with two attached hydrogens (primary N) is 1. The predicted molar refractivity (Wildman–Crippen MR) is 81.4 cm³/mol. The highest BCUT2D eigenvalue weighted by atomic mass is 16.1. The zero-order chi connectivity index (χ0) is 15.1. The van der Waals surface area contributed by atoms with Crippen molar-refractivity contribution in [3.63, 3.8) is 0 Å². The van der Waals surface area contributed by atoms with E-state index >= 15 is 0 Å². The van der Waals surface area contributed by atoms with Gasteiger partial charge in [0.05, 0.1) is 19.1 Å². The van der Waals surface area contributed by atoms with E-state index in [4.69, 9.17) is 5.73 Å². The molecule has 0 bridgehead atoms. The first-order chi connectivity index (χ1) is 10.3. The minimum atomic E-state index is -0.362. The molecule has 1 fully saturated rings. The summed E-state index contributed by atoms with van der Waals surface area (Å²) >= 11 is 0. The molecule has 1 unspecified atom stereocenters. The van der Waals surface area contributed by atoms with Crippen molar-refractivity contribution in [1.29, 1.82) is 0 Å². The van der Waals surface area contributed by atoms with Crippen molar-refractivity contribution in [3.05, 3.63) is 35.9 Å². The van der Waals surface area contributed by atoms with Crippen molar-refractivity contribution in [2.24, 2.45) is 5.73 Å². The van der Waals surface area contributed by atoms with Crippen molar-refractivity contribution in [2.45, 2.75) is 31.5 Å². The van der Waals surface area contributed by atoms with E-state index in [1.54, 1.807) is 0 Å². The number of benzene rings is 1. The Labute approximate surface area is 125 Å². The number of Topliss-reactive ketones (excluding diaryl/α,β-unsaturated/α-hetero) is 1. The van der Waals surface area contributed by atoms with E-state index in [0.29, 0.717) is 6.54 Å². The van der Waals surface area contributed by atoms with Gasteiger partial charge in [0.25, 0.3) is 0 Å². The molecule has 0 aromatic heterocycles. The third-order valence-electron chi connectivity index (χ3n) is 3.90. The minimum absolute atomic E-state index is 0.00695. The molecule has 1 aliphatic heterocycles. The number of ketones is 1. The number of hydrogen-bond donors (Lipinski definition) is 2. The lowest BCUT2D eigenvalue weighted by molar-refractivity contribution is -0.123. The van der Waals surface area contributed by atoms with E-state index in [2.05, 4.69) is 5.32 Å². The Bertz CT molecular complexity index is 458. The summed E-state index contributed by atoms with van der Waals surface area (Å²) in [5, 5.41) is 3.35. The number of rotatable bonds is 8. The van der Waals surface area contributed by atoms with E-state index in [0.717, 1.165) is 24.9 Å². The maximum Gasteiger partial charge on any atom is 0.213 e. The van der Waals surface area contributed by atoms with Crippen LogP contribution in [-0.4, -0.2) is 48.7 Å². The lowest BCUT2D eigenvalue weighted by Crippen LogP contribution is -2.54. The van der Waals surface area contributed by atoms with Crippen LogP contribution < -0.4 is 11.1 Å². The van der Waals surface area contributed by atoms with Crippen molar-refractivity contribution in [1.82, 2.24) is 10.2 Å². The Hall–Kier alpha value is -1.56. The fourth-order valence-electron chi connectivity index (χ4n) is 2.94. The molecule has 0 amide bonds. The van der Waals surface area contributed by atoms with Gasteiger partial charge >= 0.3 is 0 Å². The first-order valence-corrected chi connectivity index (χ1v) is 7.35. The Balaban J connectivity index is 2.18. The summed E-state index contributed by atoms with van der Waals surface area (Å²) in [4.78, 5) is 25.1. The topological polar surface area (TPSA) is 75.4 Å². The largest absolute Gasteiger partial charge is 0.324 e. The summed E-state index contributed by atoms with van der Waals surface area (Å²) in [5.41, 5.74) is 6.64. The van der Waals surface area contributed by atoms with Crippen molar-refractivity contribution in [2.75, 3.05) is 19.6 Å². The van der Waals surface area contributed by atoms with Crippen LogP contribution in [0.4, 0.5) is 0 Å². The molecule has 21 heavy (non-hydrogen) atoms. The molecule has 1 radical (unpaired) electrons. The van der Waals surface area contributed by atoms with E-state index in [9.17, 15) is 9.59 Å². The summed E-state index contributed by atoms with van der Waals surface area (Å²) in [5.74, 6) is -0.0272. The highest BCUT2D eigenvalue weighted by Gasteiger charge is 2.34. The Morgan fingerprint density at radius 3 is 2.76 bits per heavy atom. The van der Waals surface area contributed by atoms with Crippen LogP contribution in [-0.2, 0) is 16.1 Å². The van der Waals surface area contributed by atoms with Crippen LogP contribution in [0.3, 0.4) is 0 Å². The van der Waals surface area contributed by atoms with Crippen LogP contribution in [0, 0.1) is 0 Å². The van der Waals surface area contributed by atoms with E-state index in [-0.39, 0.29) is 31.0 Å². The second-order valence-corrected chi connectivity index (χ2v) is 5.35. The molecule has 5 nitrogen and oxygen atoms in total.